The average Bonchev–Trinajstić information content (AvgIpc) is 3.11. The highest BCUT2D eigenvalue weighted by atomic mass is 19.1. The van der Waals surface area contributed by atoms with Gasteiger partial charge in [0.2, 0.25) is 0 Å². The molecule has 1 saturated heterocycles. The molecule has 0 radical (unpaired) electrons. The van der Waals surface area contributed by atoms with Gasteiger partial charge in [-0.15, -0.1) is 0 Å². The van der Waals surface area contributed by atoms with E-state index in [0.717, 1.165) is 12.8 Å². The lowest BCUT2D eigenvalue weighted by Gasteiger charge is -2.16. The van der Waals surface area contributed by atoms with Gasteiger partial charge in [0.05, 0.1) is 6.61 Å². The number of aromatic amines is 1. The first-order chi connectivity index (χ1) is 15.0. The maximum atomic E-state index is 14.3. The molecule has 3 atom stereocenters. The molecular weight excluding hydrogens is 399 g/mol. The number of aryl methyl sites for hydroxylation is 1. The maximum absolute atomic E-state index is 14.3. The number of ether oxygens (including phenoxy) is 2. The average molecular weight is 441 g/mol. The third kappa shape index (κ3) is 9.27. The Hall–Kier alpha value is -1.47. The predicted octanol–water partition coefficient (Wildman–Crippen LogP) is 5.19. The number of nitrogens with zero attached hydrogens (tertiary/aromatic N) is 1. The van der Waals surface area contributed by atoms with Crippen LogP contribution in [-0.2, 0) is 9.47 Å². The molecule has 1 aliphatic heterocycles. The molecule has 0 bridgehead atoms. The Morgan fingerprint density at radius 2 is 1.61 bits per heavy atom. The van der Waals surface area contributed by atoms with Crippen molar-refractivity contribution < 1.29 is 13.9 Å². The zero-order chi connectivity index (χ0) is 22.5. The zero-order valence-electron chi connectivity index (χ0n) is 19.4. The van der Waals surface area contributed by atoms with E-state index in [1.807, 2.05) is 0 Å². The predicted molar refractivity (Wildman–Crippen MR) is 121 cm³/mol. The van der Waals surface area contributed by atoms with Crippen molar-refractivity contribution in [3.05, 3.63) is 32.6 Å². The van der Waals surface area contributed by atoms with Crippen molar-refractivity contribution in [2.45, 2.75) is 116 Å². The molecular formula is C24H41FN2O4. The largest absolute Gasteiger partial charge is 0.379 e. The van der Waals surface area contributed by atoms with Crippen molar-refractivity contribution in [3.63, 3.8) is 0 Å². The lowest BCUT2D eigenvalue weighted by Crippen LogP contribution is -2.33. The number of hydrogen-bond donors (Lipinski definition) is 1. The molecule has 1 N–H and O–H groups in total. The molecule has 0 aromatic carbocycles. The highest BCUT2D eigenvalue weighted by molar-refractivity contribution is 5.02. The van der Waals surface area contributed by atoms with Gasteiger partial charge >= 0.3 is 5.69 Å². The number of hydrogen-bond acceptors (Lipinski definition) is 4. The number of unbranched alkanes of at least 4 members (excludes halogenated alkanes) is 11. The molecule has 2 heterocycles. The number of halogens is 1. The van der Waals surface area contributed by atoms with Gasteiger partial charge in [-0.05, 0) is 13.3 Å². The Bertz CT molecular complexity index is 733. The smallest absolute Gasteiger partial charge is 0.330 e. The molecule has 6 nitrogen and oxygen atoms in total. The van der Waals surface area contributed by atoms with Crippen LogP contribution >= 0.6 is 0 Å². The normalized spacial score (nSPS) is 21.1. The van der Waals surface area contributed by atoms with Crippen LogP contribution in [0.1, 0.15) is 102 Å². The van der Waals surface area contributed by atoms with Crippen LogP contribution in [0.3, 0.4) is 0 Å². The van der Waals surface area contributed by atoms with E-state index >= 15 is 0 Å². The molecule has 0 amide bonds. The van der Waals surface area contributed by atoms with Gasteiger partial charge in [0, 0.05) is 24.8 Å². The van der Waals surface area contributed by atoms with Crippen LogP contribution in [0, 0.1) is 6.92 Å². The molecule has 1 fully saturated rings. The summed E-state index contributed by atoms with van der Waals surface area (Å²) < 4.78 is 26.9. The summed E-state index contributed by atoms with van der Waals surface area (Å²) in [5, 5.41) is 0. The topological polar surface area (TPSA) is 73.3 Å². The molecule has 0 spiro atoms. The van der Waals surface area contributed by atoms with Crippen molar-refractivity contribution in [2.24, 2.45) is 0 Å². The van der Waals surface area contributed by atoms with Gasteiger partial charge in [0.1, 0.15) is 18.5 Å². The van der Waals surface area contributed by atoms with E-state index in [0.29, 0.717) is 12.2 Å². The zero-order valence-corrected chi connectivity index (χ0v) is 19.4. The van der Waals surface area contributed by atoms with E-state index in [9.17, 15) is 14.0 Å². The summed E-state index contributed by atoms with van der Waals surface area (Å²) in [4.78, 5) is 25.7. The quantitative estimate of drug-likeness (QED) is 0.359. The minimum absolute atomic E-state index is 0.0814. The number of H-pyrrole nitrogens is 1. The van der Waals surface area contributed by atoms with Gasteiger partial charge in [0.25, 0.3) is 5.56 Å². The summed E-state index contributed by atoms with van der Waals surface area (Å²) in [6.07, 6.45) is 14.4. The minimum Gasteiger partial charge on any atom is -0.379 e. The second kappa shape index (κ2) is 14.6. The van der Waals surface area contributed by atoms with E-state index in [-0.39, 0.29) is 13.0 Å². The second-order valence-electron chi connectivity index (χ2n) is 8.82. The summed E-state index contributed by atoms with van der Waals surface area (Å²) in [7, 11) is 0. The molecule has 31 heavy (non-hydrogen) atoms. The Kier molecular flexibility index (Phi) is 12.1. The van der Waals surface area contributed by atoms with Crippen molar-refractivity contribution >= 4 is 0 Å². The standard InChI is InChI=1S/C24H41FN2O4/c1-3-4-5-6-7-8-9-10-11-12-13-14-15-30-18-21-20(25)16-22(31-21)27-17-19(2)23(28)26-24(27)29/h17,20-22H,3-16,18H2,1-2H3,(H,26,28,29)/t20-,21+,22+/m0/s1. The Morgan fingerprint density at radius 3 is 2.23 bits per heavy atom. The lowest BCUT2D eigenvalue weighted by molar-refractivity contribution is -0.0542. The highest BCUT2D eigenvalue weighted by Crippen LogP contribution is 2.30. The van der Waals surface area contributed by atoms with E-state index in [1.165, 1.54) is 75.0 Å². The van der Waals surface area contributed by atoms with E-state index in [4.69, 9.17) is 9.47 Å². The van der Waals surface area contributed by atoms with Crippen molar-refractivity contribution in [1.29, 1.82) is 0 Å². The monoisotopic (exact) mass is 440 g/mol. The fourth-order valence-electron chi connectivity index (χ4n) is 4.05. The number of rotatable bonds is 16. The Labute approximate surface area is 185 Å². The third-order valence-corrected chi connectivity index (χ3v) is 6.04. The fourth-order valence-corrected chi connectivity index (χ4v) is 4.05. The second-order valence-corrected chi connectivity index (χ2v) is 8.82. The van der Waals surface area contributed by atoms with Crippen molar-refractivity contribution in [3.8, 4) is 0 Å². The van der Waals surface area contributed by atoms with Crippen LogP contribution in [0.4, 0.5) is 4.39 Å². The Morgan fingerprint density at radius 1 is 1.03 bits per heavy atom. The number of nitrogens with one attached hydrogen (secondary N) is 1. The molecule has 7 heteroatoms. The number of alkyl halides is 1. The maximum Gasteiger partial charge on any atom is 0.330 e. The molecule has 1 aliphatic rings. The minimum atomic E-state index is -1.19. The van der Waals surface area contributed by atoms with E-state index in [2.05, 4.69) is 11.9 Å². The SMILES string of the molecule is CCCCCCCCCCCCCCOC[C@H]1O[C@@H](n2cc(C)c(=O)[nH]c2=O)C[C@@H]1F. The van der Waals surface area contributed by atoms with Crippen LogP contribution < -0.4 is 11.2 Å². The molecule has 1 aromatic rings. The summed E-state index contributed by atoms with van der Waals surface area (Å²) in [6, 6.07) is 0. The lowest BCUT2D eigenvalue weighted by atomic mass is 10.1. The van der Waals surface area contributed by atoms with Gasteiger partial charge in [-0.25, -0.2) is 9.18 Å². The summed E-state index contributed by atoms with van der Waals surface area (Å²) in [6.45, 7) is 4.65. The third-order valence-electron chi connectivity index (χ3n) is 6.04. The van der Waals surface area contributed by atoms with Gasteiger partial charge in [-0.3, -0.25) is 14.3 Å². The fraction of sp³-hybridized carbons (Fsp3) is 0.833. The van der Waals surface area contributed by atoms with E-state index < -0.39 is 29.8 Å². The summed E-state index contributed by atoms with van der Waals surface area (Å²) in [5.41, 5.74) is -0.616. The molecule has 0 unspecified atom stereocenters. The first-order valence-electron chi connectivity index (χ1n) is 12.2. The van der Waals surface area contributed by atoms with Crippen LogP contribution in [0.2, 0.25) is 0 Å². The van der Waals surface area contributed by atoms with Gasteiger partial charge in [0.15, 0.2) is 0 Å². The van der Waals surface area contributed by atoms with Crippen molar-refractivity contribution in [1.82, 2.24) is 9.55 Å². The van der Waals surface area contributed by atoms with Gasteiger partial charge in [-0.2, -0.15) is 0 Å². The van der Waals surface area contributed by atoms with Gasteiger partial charge in [-0.1, -0.05) is 77.6 Å². The van der Waals surface area contributed by atoms with Crippen molar-refractivity contribution in [2.75, 3.05) is 13.2 Å². The van der Waals surface area contributed by atoms with E-state index in [1.54, 1.807) is 6.92 Å². The first kappa shape index (κ1) is 25.8. The molecule has 178 valence electrons. The first-order valence-corrected chi connectivity index (χ1v) is 12.2. The molecule has 0 aliphatic carbocycles. The highest BCUT2D eigenvalue weighted by Gasteiger charge is 2.37. The molecule has 0 saturated carbocycles. The van der Waals surface area contributed by atoms with Gasteiger partial charge < -0.3 is 9.47 Å². The van der Waals surface area contributed by atoms with Crippen LogP contribution in [0.5, 0.6) is 0 Å². The van der Waals surface area contributed by atoms with Crippen LogP contribution in [0.25, 0.3) is 0 Å². The van der Waals surface area contributed by atoms with Crippen LogP contribution in [0.15, 0.2) is 15.8 Å². The summed E-state index contributed by atoms with van der Waals surface area (Å²) in [5.74, 6) is 0. The number of aromatic nitrogens is 2. The Balaban J connectivity index is 1.50. The van der Waals surface area contributed by atoms with Crippen LogP contribution in [-0.4, -0.2) is 35.0 Å². The molecule has 2 rings (SSSR count). The molecule has 1 aromatic heterocycles. The summed E-state index contributed by atoms with van der Waals surface area (Å²) >= 11 is 0.